The molecule has 1 aliphatic carbocycles. The minimum Gasteiger partial charge on any atom is -0.292 e. The fourth-order valence-electron chi connectivity index (χ4n) is 4.56. The third-order valence-electron chi connectivity index (χ3n) is 6.23. The second-order valence-corrected chi connectivity index (χ2v) is 8.18. The lowest BCUT2D eigenvalue weighted by molar-refractivity contribution is 0.0957. The van der Waals surface area contributed by atoms with Crippen LogP contribution < -0.4 is 11.4 Å². The Hall–Kier alpha value is -4.19. The van der Waals surface area contributed by atoms with Crippen molar-refractivity contribution < 1.29 is 4.79 Å². The van der Waals surface area contributed by atoms with Crippen molar-refractivity contribution in [3.8, 4) is 0 Å². The van der Waals surface area contributed by atoms with E-state index in [-0.39, 0.29) is 18.2 Å². The molecule has 0 unspecified atom stereocenters. The van der Waals surface area contributed by atoms with Crippen molar-refractivity contribution in [1.29, 1.82) is 0 Å². The molecule has 33 heavy (non-hydrogen) atoms. The molecule has 4 aromatic rings. The van der Waals surface area contributed by atoms with Gasteiger partial charge in [0.05, 0.1) is 6.04 Å². The van der Waals surface area contributed by atoms with E-state index in [9.17, 15) is 14.4 Å². The summed E-state index contributed by atoms with van der Waals surface area (Å²) in [4.78, 5) is 39.5. The molecule has 5 rings (SSSR count). The van der Waals surface area contributed by atoms with Crippen LogP contribution in [0.1, 0.15) is 39.0 Å². The van der Waals surface area contributed by atoms with Crippen LogP contribution in [-0.2, 0) is 13.6 Å². The zero-order valence-corrected chi connectivity index (χ0v) is 18.2. The first kappa shape index (κ1) is 20.7. The van der Waals surface area contributed by atoms with Crippen molar-refractivity contribution in [2.45, 2.75) is 18.5 Å². The Morgan fingerprint density at radius 2 is 1.45 bits per heavy atom. The summed E-state index contributed by atoms with van der Waals surface area (Å²) in [7, 11) is 1.45. The fourth-order valence-corrected chi connectivity index (χ4v) is 4.56. The van der Waals surface area contributed by atoms with E-state index in [1.807, 2.05) is 60.7 Å². The van der Waals surface area contributed by atoms with Crippen LogP contribution in [0.25, 0.3) is 6.08 Å². The van der Waals surface area contributed by atoms with Crippen molar-refractivity contribution in [3.63, 3.8) is 0 Å². The number of Topliss-reactive ketones (excluding diaryl/α,β-unsaturated/α-hetero) is 1. The molecule has 0 bridgehead atoms. The van der Waals surface area contributed by atoms with Crippen LogP contribution in [0.2, 0.25) is 0 Å². The van der Waals surface area contributed by atoms with Crippen LogP contribution in [0.15, 0.2) is 101 Å². The van der Waals surface area contributed by atoms with E-state index < -0.39 is 17.4 Å². The molecule has 0 spiro atoms. The van der Waals surface area contributed by atoms with Crippen LogP contribution in [0, 0.1) is 0 Å². The van der Waals surface area contributed by atoms with Gasteiger partial charge in [0.1, 0.15) is 6.54 Å². The van der Waals surface area contributed by atoms with Gasteiger partial charge < -0.3 is 0 Å². The number of nitrogens with zero attached hydrogens (tertiary/aromatic N) is 3. The van der Waals surface area contributed by atoms with Gasteiger partial charge in [0.2, 0.25) is 0 Å². The minimum absolute atomic E-state index is 0.182. The van der Waals surface area contributed by atoms with Crippen LogP contribution in [0.3, 0.4) is 0 Å². The molecular formula is C27H23N3O3. The minimum atomic E-state index is -0.511. The van der Waals surface area contributed by atoms with Crippen LogP contribution >= 0.6 is 0 Å². The number of hydrogen-bond donors (Lipinski definition) is 0. The number of ketones is 1. The second kappa shape index (κ2) is 8.39. The zero-order chi connectivity index (χ0) is 22.9. The van der Waals surface area contributed by atoms with Gasteiger partial charge in [-0.1, -0.05) is 97.1 Å². The quantitative estimate of drug-likeness (QED) is 0.448. The van der Waals surface area contributed by atoms with Crippen molar-refractivity contribution >= 4 is 11.9 Å². The molecule has 6 nitrogen and oxygen atoms in total. The summed E-state index contributed by atoms with van der Waals surface area (Å²) in [5.41, 5.74) is 2.48. The van der Waals surface area contributed by atoms with E-state index in [4.69, 9.17) is 0 Å². The Kier molecular flexibility index (Phi) is 5.26. The standard InChI is InChI=1S/C27H23N3O3/c1-28-26(32)29(18-24(31)21-13-6-3-7-14-21)30(27(28)33)25-22-15-9-8-12-20(22)16-17-23(25)19-10-4-2-5-11-19/h2-17,23,25H,18H2,1H3/t23-,25+/m1/s1. The van der Waals surface area contributed by atoms with Gasteiger partial charge >= 0.3 is 11.4 Å². The molecule has 0 radical (unpaired) electrons. The highest BCUT2D eigenvalue weighted by molar-refractivity contribution is 5.95. The molecule has 1 aliphatic rings. The lowest BCUT2D eigenvalue weighted by atomic mass is 9.81. The monoisotopic (exact) mass is 437 g/mol. The molecule has 0 fully saturated rings. The third-order valence-corrected chi connectivity index (χ3v) is 6.23. The van der Waals surface area contributed by atoms with Gasteiger partial charge in [0, 0.05) is 18.5 Å². The van der Waals surface area contributed by atoms with Gasteiger partial charge in [-0.05, 0) is 16.7 Å². The maximum atomic E-state index is 13.4. The predicted molar refractivity (Wildman–Crippen MR) is 128 cm³/mol. The van der Waals surface area contributed by atoms with E-state index in [2.05, 4.69) is 12.2 Å². The molecule has 1 heterocycles. The van der Waals surface area contributed by atoms with E-state index in [0.29, 0.717) is 5.56 Å². The van der Waals surface area contributed by atoms with Crippen molar-refractivity contribution in [2.24, 2.45) is 7.05 Å². The zero-order valence-electron chi connectivity index (χ0n) is 18.2. The highest BCUT2D eigenvalue weighted by atomic mass is 16.2. The second-order valence-electron chi connectivity index (χ2n) is 8.18. The van der Waals surface area contributed by atoms with Gasteiger partial charge in [-0.2, -0.15) is 0 Å². The molecule has 0 amide bonds. The lowest BCUT2D eigenvalue weighted by Gasteiger charge is -2.31. The summed E-state index contributed by atoms with van der Waals surface area (Å²) in [6, 6.07) is 26.1. The summed E-state index contributed by atoms with van der Waals surface area (Å²) in [5.74, 6) is -0.411. The van der Waals surface area contributed by atoms with Gasteiger partial charge in [0.15, 0.2) is 5.78 Å². The molecule has 6 heteroatoms. The maximum Gasteiger partial charge on any atom is 0.347 e. The summed E-state index contributed by atoms with van der Waals surface area (Å²) >= 11 is 0. The Balaban J connectivity index is 1.70. The Bertz CT molecular complexity index is 1460. The number of carbonyl (C=O) groups is 1. The van der Waals surface area contributed by atoms with Gasteiger partial charge in [-0.3, -0.25) is 4.79 Å². The average Bonchev–Trinajstić information content (AvgIpc) is 3.07. The molecule has 3 aromatic carbocycles. The summed E-state index contributed by atoms with van der Waals surface area (Å²) in [5, 5.41) is 0. The number of rotatable bonds is 5. The number of aromatic nitrogens is 3. The largest absolute Gasteiger partial charge is 0.347 e. The normalized spacial score (nSPS) is 17.0. The Labute approximate surface area is 190 Å². The molecule has 0 N–H and O–H groups in total. The number of allylic oxidation sites excluding steroid dienone is 1. The fraction of sp³-hybridized carbons (Fsp3) is 0.148. The van der Waals surface area contributed by atoms with E-state index in [1.54, 1.807) is 24.3 Å². The summed E-state index contributed by atoms with van der Waals surface area (Å²) < 4.78 is 3.82. The SMILES string of the molecule is Cn1c(=O)n(CC(=O)c2ccccc2)n([C@H]2c3ccccc3C=C[C@@H]2c2ccccc2)c1=O. The number of carbonyl (C=O) groups excluding carboxylic acids is 1. The first-order valence-electron chi connectivity index (χ1n) is 10.8. The molecule has 0 aliphatic heterocycles. The first-order chi connectivity index (χ1) is 16.1. The van der Waals surface area contributed by atoms with Gasteiger partial charge in [0.25, 0.3) is 0 Å². The smallest absolute Gasteiger partial charge is 0.292 e. The molecule has 1 aromatic heterocycles. The van der Waals surface area contributed by atoms with Crippen molar-refractivity contribution in [3.05, 3.63) is 134 Å². The average molecular weight is 437 g/mol. The lowest BCUT2D eigenvalue weighted by Crippen LogP contribution is -2.36. The predicted octanol–water partition coefficient (Wildman–Crippen LogP) is 3.63. The highest BCUT2D eigenvalue weighted by Crippen LogP contribution is 2.40. The number of hydrogen-bond acceptors (Lipinski definition) is 3. The first-order valence-corrected chi connectivity index (χ1v) is 10.8. The summed E-state index contributed by atoms with van der Waals surface area (Å²) in [6.07, 6.45) is 4.12. The van der Waals surface area contributed by atoms with Gasteiger partial charge in [-0.15, -0.1) is 0 Å². The molecule has 0 saturated carbocycles. The van der Waals surface area contributed by atoms with E-state index >= 15 is 0 Å². The molecular weight excluding hydrogens is 414 g/mol. The topological polar surface area (TPSA) is 66.0 Å². The van der Waals surface area contributed by atoms with Crippen LogP contribution in [0.5, 0.6) is 0 Å². The highest BCUT2D eigenvalue weighted by Gasteiger charge is 2.33. The van der Waals surface area contributed by atoms with E-state index in [1.165, 1.54) is 16.4 Å². The summed E-state index contributed by atoms with van der Waals surface area (Å²) in [6.45, 7) is -0.219. The maximum absolute atomic E-state index is 13.4. The van der Waals surface area contributed by atoms with Crippen molar-refractivity contribution in [2.75, 3.05) is 0 Å². The molecule has 2 atom stereocenters. The van der Waals surface area contributed by atoms with Gasteiger partial charge in [-0.25, -0.2) is 23.5 Å². The van der Waals surface area contributed by atoms with E-state index in [0.717, 1.165) is 21.3 Å². The molecule has 0 saturated heterocycles. The molecule has 164 valence electrons. The Morgan fingerprint density at radius 1 is 0.818 bits per heavy atom. The number of fused-ring (bicyclic) bond motifs is 1. The number of benzene rings is 3. The van der Waals surface area contributed by atoms with Crippen LogP contribution in [-0.4, -0.2) is 19.7 Å². The Morgan fingerprint density at radius 3 is 2.18 bits per heavy atom. The third kappa shape index (κ3) is 3.59. The van der Waals surface area contributed by atoms with Crippen molar-refractivity contribution in [1.82, 2.24) is 13.9 Å². The van der Waals surface area contributed by atoms with Crippen LogP contribution in [0.4, 0.5) is 0 Å².